The van der Waals surface area contributed by atoms with E-state index in [-0.39, 0.29) is 11.8 Å². The lowest BCUT2D eigenvalue weighted by Gasteiger charge is -2.31. The van der Waals surface area contributed by atoms with Gasteiger partial charge in [0.2, 0.25) is 5.91 Å². The molecule has 1 heterocycles. The summed E-state index contributed by atoms with van der Waals surface area (Å²) in [4.78, 5) is 20.4. The van der Waals surface area contributed by atoms with Crippen molar-refractivity contribution in [2.24, 2.45) is 16.6 Å². The van der Waals surface area contributed by atoms with E-state index in [9.17, 15) is 4.79 Å². The summed E-state index contributed by atoms with van der Waals surface area (Å²) in [5.74, 6) is 0.746. The molecule has 1 fully saturated rings. The predicted molar refractivity (Wildman–Crippen MR) is 111 cm³/mol. The van der Waals surface area contributed by atoms with E-state index < -0.39 is 0 Å². The van der Waals surface area contributed by atoms with Crippen molar-refractivity contribution in [1.29, 1.82) is 0 Å². The zero-order valence-corrected chi connectivity index (χ0v) is 17.1. The number of carbonyl (C=O) groups is 1. The molecule has 0 radical (unpaired) electrons. The Kier molecular flexibility index (Phi) is 8.58. The molecule has 1 amide bonds. The topological polar surface area (TPSA) is 74.0 Å². The third-order valence-electron chi connectivity index (χ3n) is 5.18. The van der Waals surface area contributed by atoms with Crippen molar-refractivity contribution in [3.8, 4) is 0 Å². The standard InChI is InChI=1S/C21H35N5O/c1-4-5-11-25(3)21(23-2)24-14-17-8-6-9-18(13-17)15-26-12-7-10-19(16-26)20(22)27/h6,8-9,13,19H,4-5,7,10-12,14-16H2,1-3H3,(H2,22,27)(H,23,24). The maximum Gasteiger partial charge on any atom is 0.221 e. The van der Waals surface area contributed by atoms with Crippen LogP contribution in [-0.2, 0) is 17.9 Å². The lowest BCUT2D eigenvalue weighted by Crippen LogP contribution is -2.40. The SMILES string of the molecule is CCCCN(C)C(=NC)NCc1cccc(CN2CCCC(C(N)=O)C2)c1. The number of rotatable bonds is 8. The third kappa shape index (κ3) is 6.86. The molecular weight excluding hydrogens is 338 g/mol. The Labute approximate surface area is 163 Å². The molecular formula is C21H35N5O. The number of hydrogen-bond donors (Lipinski definition) is 2. The molecule has 1 atom stereocenters. The molecule has 1 saturated heterocycles. The molecule has 150 valence electrons. The fraction of sp³-hybridized carbons (Fsp3) is 0.619. The van der Waals surface area contributed by atoms with E-state index in [0.717, 1.165) is 57.9 Å². The number of likely N-dealkylation sites (tertiary alicyclic amines) is 1. The van der Waals surface area contributed by atoms with Crippen LogP contribution >= 0.6 is 0 Å². The van der Waals surface area contributed by atoms with Gasteiger partial charge in [-0.1, -0.05) is 37.6 Å². The van der Waals surface area contributed by atoms with Crippen LogP contribution in [0.2, 0.25) is 0 Å². The number of benzene rings is 1. The molecule has 1 unspecified atom stereocenters. The van der Waals surface area contributed by atoms with E-state index in [1.165, 1.54) is 17.5 Å². The summed E-state index contributed by atoms with van der Waals surface area (Å²) in [7, 11) is 3.90. The Morgan fingerprint density at radius 2 is 2.19 bits per heavy atom. The average Bonchev–Trinajstić information content (AvgIpc) is 2.67. The zero-order valence-electron chi connectivity index (χ0n) is 17.1. The predicted octanol–water partition coefficient (Wildman–Crippen LogP) is 2.19. The molecule has 0 bridgehead atoms. The highest BCUT2D eigenvalue weighted by Crippen LogP contribution is 2.18. The molecule has 0 aliphatic carbocycles. The first-order chi connectivity index (χ1) is 13.0. The van der Waals surface area contributed by atoms with Crippen LogP contribution in [0, 0.1) is 5.92 Å². The van der Waals surface area contributed by atoms with Gasteiger partial charge >= 0.3 is 0 Å². The molecule has 0 saturated carbocycles. The molecule has 1 aromatic carbocycles. The van der Waals surface area contributed by atoms with Crippen molar-refractivity contribution in [3.63, 3.8) is 0 Å². The van der Waals surface area contributed by atoms with Crippen LogP contribution in [0.5, 0.6) is 0 Å². The van der Waals surface area contributed by atoms with Gasteiger partial charge in [-0.2, -0.15) is 0 Å². The van der Waals surface area contributed by atoms with Gasteiger partial charge in [0.1, 0.15) is 0 Å². The van der Waals surface area contributed by atoms with Crippen molar-refractivity contribution in [3.05, 3.63) is 35.4 Å². The fourth-order valence-corrected chi connectivity index (χ4v) is 3.59. The van der Waals surface area contributed by atoms with Gasteiger partial charge in [-0.15, -0.1) is 0 Å². The molecule has 0 spiro atoms. The van der Waals surface area contributed by atoms with Gasteiger partial charge in [0.15, 0.2) is 5.96 Å². The first-order valence-electron chi connectivity index (χ1n) is 10.0. The Morgan fingerprint density at radius 1 is 1.41 bits per heavy atom. The minimum Gasteiger partial charge on any atom is -0.369 e. The molecule has 1 aliphatic heterocycles. The molecule has 3 N–H and O–H groups in total. The van der Waals surface area contributed by atoms with Crippen LogP contribution < -0.4 is 11.1 Å². The van der Waals surface area contributed by atoms with Gasteiger partial charge < -0.3 is 16.0 Å². The Hall–Kier alpha value is -2.08. The highest BCUT2D eigenvalue weighted by atomic mass is 16.1. The van der Waals surface area contributed by atoms with Crippen LogP contribution in [0.25, 0.3) is 0 Å². The van der Waals surface area contributed by atoms with Crippen molar-refractivity contribution in [2.45, 2.75) is 45.7 Å². The summed E-state index contributed by atoms with van der Waals surface area (Å²) in [5.41, 5.74) is 8.00. The maximum atomic E-state index is 11.5. The minimum atomic E-state index is -0.170. The number of unbranched alkanes of at least 4 members (excludes halogenated alkanes) is 1. The van der Waals surface area contributed by atoms with E-state index in [1.54, 1.807) is 0 Å². The van der Waals surface area contributed by atoms with Crippen LogP contribution in [0.1, 0.15) is 43.7 Å². The number of carbonyl (C=O) groups excluding carboxylic acids is 1. The third-order valence-corrected chi connectivity index (χ3v) is 5.18. The Bertz CT molecular complexity index is 631. The van der Waals surface area contributed by atoms with Crippen LogP contribution in [0.3, 0.4) is 0 Å². The molecule has 0 aromatic heterocycles. The van der Waals surface area contributed by atoms with Gasteiger partial charge in [0.05, 0.1) is 5.92 Å². The van der Waals surface area contributed by atoms with E-state index in [2.05, 4.69) is 58.3 Å². The number of primary amides is 1. The molecule has 6 nitrogen and oxygen atoms in total. The summed E-state index contributed by atoms with van der Waals surface area (Å²) >= 11 is 0. The number of nitrogens with zero attached hydrogens (tertiary/aromatic N) is 3. The summed E-state index contributed by atoms with van der Waals surface area (Å²) in [6, 6.07) is 8.63. The highest BCUT2D eigenvalue weighted by Gasteiger charge is 2.23. The van der Waals surface area contributed by atoms with Gasteiger partial charge in [-0.05, 0) is 36.9 Å². The zero-order chi connectivity index (χ0) is 19.6. The number of piperidine rings is 1. The van der Waals surface area contributed by atoms with Gasteiger partial charge in [0, 0.05) is 40.3 Å². The van der Waals surface area contributed by atoms with Crippen molar-refractivity contribution in [1.82, 2.24) is 15.1 Å². The van der Waals surface area contributed by atoms with Crippen LogP contribution in [0.15, 0.2) is 29.3 Å². The molecule has 1 aliphatic rings. The maximum absolute atomic E-state index is 11.5. The summed E-state index contributed by atoms with van der Waals surface area (Å²) in [6.45, 7) is 6.62. The van der Waals surface area contributed by atoms with Gasteiger partial charge in [-0.3, -0.25) is 14.7 Å². The quantitative estimate of drug-likeness (QED) is 0.541. The second-order valence-corrected chi connectivity index (χ2v) is 7.47. The average molecular weight is 374 g/mol. The smallest absolute Gasteiger partial charge is 0.221 e. The number of aliphatic imine (C=N–C) groups is 1. The normalized spacial score (nSPS) is 18.3. The molecule has 6 heteroatoms. The summed E-state index contributed by atoms with van der Waals surface area (Å²) in [5, 5.41) is 3.45. The largest absolute Gasteiger partial charge is 0.369 e. The molecule has 2 rings (SSSR count). The van der Waals surface area contributed by atoms with Crippen LogP contribution in [-0.4, -0.2) is 55.4 Å². The molecule has 1 aromatic rings. The van der Waals surface area contributed by atoms with E-state index >= 15 is 0 Å². The lowest BCUT2D eigenvalue weighted by atomic mass is 9.97. The second kappa shape index (κ2) is 10.9. The number of nitrogens with one attached hydrogen (secondary N) is 1. The Morgan fingerprint density at radius 3 is 2.89 bits per heavy atom. The second-order valence-electron chi connectivity index (χ2n) is 7.47. The highest BCUT2D eigenvalue weighted by molar-refractivity contribution is 5.79. The summed E-state index contributed by atoms with van der Waals surface area (Å²) < 4.78 is 0. The summed E-state index contributed by atoms with van der Waals surface area (Å²) in [6.07, 6.45) is 4.29. The minimum absolute atomic E-state index is 0.00872. The monoisotopic (exact) mass is 373 g/mol. The van der Waals surface area contributed by atoms with Crippen LogP contribution in [0.4, 0.5) is 0 Å². The number of amides is 1. The first kappa shape index (κ1) is 21.2. The van der Waals surface area contributed by atoms with E-state index in [4.69, 9.17) is 5.73 Å². The fourth-order valence-electron chi connectivity index (χ4n) is 3.59. The number of hydrogen-bond acceptors (Lipinski definition) is 3. The Balaban J connectivity index is 1.90. The number of nitrogens with two attached hydrogens (primary N) is 1. The molecule has 27 heavy (non-hydrogen) atoms. The van der Waals surface area contributed by atoms with Crippen molar-refractivity contribution < 1.29 is 4.79 Å². The van der Waals surface area contributed by atoms with Crippen molar-refractivity contribution >= 4 is 11.9 Å². The van der Waals surface area contributed by atoms with E-state index in [0.29, 0.717) is 0 Å². The van der Waals surface area contributed by atoms with E-state index in [1.807, 2.05) is 7.05 Å². The van der Waals surface area contributed by atoms with Gasteiger partial charge in [0.25, 0.3) is 0 Å². The van der Waals surface area contributed by atoms with Gasteiger partial charge in [-0.25, -0.2) is 0 Å². The lowest BCUT2D eigenvalue weighted by molar-refractivity contribution is -0.123. The van der Waals surface area contributed by atoms with Crippen molar-refractivity contribution in [2.75, 3.05) is 33.7 Å². The first-order valence-corrected chi connectivity index (χ1v) is 10.0. The number of guanidine groups is 1.